The van der Waals surface area contributed by atoms with Gasteiger partial charge in [-0.05, 0) is 45.8 Å². The molecule has 0 aliphatic rings. The Balaban J connectivity index is 1.50. The zero-order valence-corrected chi connectivity index (χ0v) is 20.8. The van der Waals surface area contributed by atoms with Crippen LogP contribution in [0.1, 0.15) is 17.8 Å². The first-order valence-electron chi connectivity index (χ1n) is 10.6. The highest BCUT2D eigenvalue weighted by molar-refractivity contribution is 7.89. The second-order valence-corrected chi connectivity index (χ2v) is 10.4. The van der Waals surface area contributed by atoms with Crippen molar-refractivity contribution in [1.29, 1.82) is 0 Å². The average molecular weight is 548 g/mol. The van der Waals surface area contributed by atoms with Crippen molar-refractivity contribution in [2.45, 2.75) is 30.3 Å². The van der Waals surface area contributed by atoms with Crippen LogP contribution < -0.4 is 4.72 Å². The molecule has 0 radical (unpaired) electrons. The number of sulfonamides is 1. The number of aromatic nitrogens is 4. The molecule has 0 amide bonds. The third-order valence-corrected chi connectivity index (χ3v) is 7.46. The number of aliphatic carboxylic acids is 1. The van der Waals surface area contributed by atoms with Gasteiger partial charge < -0.3 is 5.11 Å². The molecule has 1 unspecified atom stereocenters. The standard InChI is InChI=1S/C23H19Cl2N5O5S/c24-18-6-3-7-19(25)17(18)11-22-26-29-30(27-22)13-21(31)20(12-23(32)33)28-36(34,35)16-9-8-14-4-1-2-5-15(14)10-16/h1-10,20,28H,11-13H2,(H,32,33). The third kappa shape index (κ3) is 6.05. The molecule has 0 aliphatic heterocycles. The second-order valence-electron chi connectivity index (χ2n) is 7.86. The number of rotatable bonds is 10. The molecule has 2 N–H and O–H groups in total. The van der Waals surface area contributed by atoms with Crippen molar-refractivity contribution in [2.75, 3.05) is 0 Å². The molecule has 0 saturated carbocycles. The smallest absolute Gasteiger partial charge is 0.305 e. The number of tetrazole rings is 1. The van der Waals surface area contributed by atoms with Crippen LogP contribution in [0.15, 0.2) is 65.6 Å². The molecule has 36 heavy (non-hydrogen) atoms. The summed E-state index contributed by atoms with van der Waals surface area (Å²) in [6.45, 7) is -0.499. The summed E-state index contributed by atoms with van der Waals surface area (Å²) in [4.78, 5) is 25.1. The molecule has 0 fully saturated rings. The molecule has 0 aliphatic carbocycles. The highest BCUT2D eigenvalue weighted by Gasteiger charge is 2.29. The van der Waals surface area contributed by atoms with Crippen LogP contribution in [0.5, 0.6) is 0 Å². The SMILES string of the molecule is O=C(O)CC(NS(=O)(=O)c1ccc2ccccc2c1)C(=O)Cn1nnc(Cc2c(Cl)cccc2Cl)n1. The molecule has 4 aromatic rings. The molecule has 13 heteroatoms. The van der Waals surface area contributed by atoms with Gasteiger partial charge in [-0.3, -0.25) is 9.59 Å². The Labute approximate surface area is 215 Å². The van der Waals surface area contributed by atoms with E-state index in [2.05, 4.69) is 20.1 Å². The van der Waals surface area contributed by atoms with Gasteiger partial charge in [0.25, 0.3) is 0 Å². The summed E-state index contributed by atoms with van der Waals surface area (Å²) in [5.41, 5.74) is 0.582. The predicted molar refractivity (Wildman–Crippen MR) is 132 cm³/mol. The van der Waals surface area contributed by atoms with E-state index in [4.69, 9.17) is 23.2 Å². The molecule has 186 valence electrons. The van der Waals surface area contributed by atoms with E-state index in [1.165, 1.54) is 12.1 Å². The Morgan fingerprint density at radius 2 is 1.69 bits per heavy atom. The van der Waals surface area contributed by atoms with Crippen molar-refractivity contribution in [3.8, 4) is 0 Å². The number of carbonyl (C=O) groups is 2. The Morgan fingerprint density at radius 3 is 2.39 bits per heavy atom. The first-order chi connectivity index (χ1) is 17.1. The van der Waals surface area contributed by atoms with Gasteiger partial charge in [0, 0.05) is 16.5 Å². The second kappa shape index (κ2) is 10.7. The van der Waals surface area contributed by atoms with E-state index < -0.39 is 40.8 Å². The average Bonchev–Trinajstić information content (AvgIpc) is 3.27. The van der Waals surface area contributed by atoms with E-state index in [-0.39, 0.29) is 17.1 Å². The minimum atomic E-state index is -4.21. The van der Waals surface area contributed by atoms with Gasteiger partial charge in [0.05, 0.1) is 17.4 Å². The van der Waals surface area contributed by atoms with Crippen LogP contribution in [0.3, 0.4) is 0 Å². The molecule has 1 heterocycles. The normalized spacial score (nSPS) is 12.5. The van der Waals surface area contributed by atoms with Crippen LogP contribution in [0.2, 0.25) is 10.0 Å². The fourth-order valence-electron chi connectivity index (χ4n) is 3.51. The van der Waals surface area contributed by atoms with Crippen molar-refractivity contribution >= 4 is 55.8 Å². The Morgan fingerprint density at radius 1 is 1.00 bits per heavy atom. The largest absolute Gasteiger partial charge is 0.481 e. The van der Waals surface area contributed by atoms with Crippen LogP contribution in [-0.4, -0.2) is 51.5 Å². The monoisotopic (exact) mass is 547 g/mol. The van der Waals surface area contributed by atoms with Gasteiger partial charge in [0.2, 0.25) is 10.0 Å². The fraction of sp³-hybridized carbons (Fsp3) is 0.174. The number of ketones is 1. The predicted octanol–water partition coefficient (Wildman–Crippen LogP) is 3.11. The molecular weight excluding hydrogens is 529 g/mol. The van der Waals surface area contributed by atoms with Gasteiger partial charge in [-0.1, -0.05) is 59.6 Å². The summed E-state index contributed by atoms with van der Waals surface area (Å²) < 4.78 is 28.1. The van der Waals surface area contributed by atoms with Crippen molar-refractivity contribution < 1.29 is 23.1 Å². The van der Waals surface area contributed by atoms with E-state index in [1.54, 1.807) is 36.4 Å². The van der Waals surface area contributed by atoms with Gasteiger partial charge in [-0.15, -0.1) is 10.2 Å². The summed E-state index contributed by atoms with van der Waals surface area (Å²) in [7, 11) is -4.21. The maximum Gasteiger partial charge on any atom is 0.305 e. The molecule has 1 atom stereocenters. The number of halogens is 2. The van der Waals surface area contributed by atoms with Crippen LogP contribution in [0.4, 0.5) is 0 Å². The molecule has 10 nitrogen and oxygen atoms in total. The fourth-order valence-corrected chi connectivity index (χ4v) is 5.29. The number of nitrogens with one attached hydrogen (secondary N) is 1. The van der Waals surface area contributed by atoms with Crippen LogP contribution in [-0.2, 0) is 32.6 Å². The van der Waals surface area contributed by atoms with Crippen LogP contribution in [0.25, 0.3) is 10.8 Å². The number of Topliss-reactive ketones (excluding diaryl/α,β-unsaturated/α-hetero) is 1. The lowest BCUT2D eigenvalue weighted by Gasteiger charge is -2.16. The van der Waals surface area contributed by atoms with E-state index >= 15 is 0 Å². The van der Waals surface area contributed by atoms with Crippen molar-refractivity contribution in [3.63, 3.8) is 0 Å². The first-order valence-corrected chi connectivity index (χ1v) is 12.8. The highest BCUT2D eigenvalue weighted by Crippen LogP contribution is 2.26. The third-order valence-electron chi connectivity index (χ3n) is 5.28. The quantitative estimate of drug-likeness (QED) is 0.308. The van der Waals surface area contributed by atoms with Crippen molar-refractivity contribution in [2.24, 2.45) is 0 Å². The lowest BCUT2D eigenvalue weighted by molar-refractivity contribution is -0.139. The topological polar surface area (TPSA) is 144 Å². The van der Waals surface area contributed by atoms with Crippen LogP contribution >= 0.6 is 23.2 Å². The van der Waals surface area contributed by atoms with Gasteiger partial charge in [0.1, 0.15) is 6.54 Å². The maximum atomic E-state index is 13.0. The molecule has 4 rings (SSSR count). The molecule has 0 saturated heterocycles. The van der Waals surface area contributed by atoms with Gasteiger partial charge >= 0.3 is 5.97 Å². The molecule has 3 aromatic carbocycles. The number of hydrogen-bond acceptors (Lipinski definition) is 7. The zero-order chi connectivity index (χ0) is 25.9. The highest BCUT2D eigenvalue weighted by atomic mass is 35.5. The number of fused-ring (bicyclic) bond motifs is 1. The summed E-state index contributed by atoms with van der Waals surface area (Å²) >= 11 is 12.3. The van der Waals surface area contributed by atoms with E-state index in [0.717, 1.165) is 10.2 Å². The number of nitrogens with zero attached hydrogens (tertiary/aromatic N) is 4. The van der Waals surface area contributed by atoms with Gasteiger partial charge in [-0.25, -0.2) is 8.42 Å². The van der Waals surface area contributed by atoms with Crippen molar-refractivity contribution in [1.82, 2.24) is 24.9 Å². The van der Waals surface area contributed by atoms with E-state index in [0.29, 0.717) is 21.0 Å². The summed E-state index contributed by atoms with van der Waals surface area (Å²) in [5, 5.41) is 23.4. The number of carboxylic acids is 1. The number of carbonyl (C=O) groups excluding carboxylic acids is 1. The Hall–Kier alpha value is -3.38. The van der Waals surface area contributed by atoms with Crippen molar-refractivity contribution in [3.05, 3.63) is 82.1 Å². The first kappa shape index (κ1) is 25.7. The summed E-state index contributed by atoms with van der Waals surface area (Å²) in [5.74, 6) is -1.87. The lowest BCUT2D eigenvalue weighted by Crippen LogP contribution is -2.43. The molecular formula is C23H19Cl2N5O5S. The molecule has 1 aromatic heterocycles. The summed E-state index contributed by atoms with van der Waals surface area (Å²) in [6, 6.07) is 15.1. The van der Waals surface area contributed by atoms with Crippen LogP contribution in [0, 0.1) is 0 Å². The van der Waals surface area contributed by atoms with Gasteiger partial charge in [-0.2, -0.15) is 9.52 Å². The minimum absolute atomic E-state index is 0.0952. The summed E-state index contributed by atoms with van der Waals surface area (Å²) in [6.07, 6.45) is -0.609. The Kier molecular flexibility index (Phi) is 7.65. The number of carboxylic acid groups (broad SMARTS) is 1. The number of benzene rings is 3. The molecule has 0 bridgehead atoms. The van der Waals surface area contributed by atoms with E-state index in [1.807, 2.05) is 12.1 Å². The minimum Gasteiger partial charge on any atom is -0.481 e. The lowest BCUT2D eigenvalue weighted by atomic mass is 10.1. The van der Waals surface area contributed by atoms with Gasteiger partial charge in [0.15, 0.2) is 11.6 Å². The van der Waals surface area contributed by atoms with E-state index in [9.17, 15) is 23.1 Å². The molecule has 0 spiro atoms. The number of hydrogen-bond donors (Lipinski definition) is 2. The maximum absolute atomic E-state index is 13.0. The zero-order valence-electron chi connectivity index (χ0n) is 18.5. The Bertz CT molecular complexity index is 1540.